The molecule has 3 N–H and O–H groups in total. The van der Waals surface area contributed by atoms with Crippen molar-refractivity contribution in [2.45, 2.75) is 31.8 Å². The van der Waals surface area contributed by atoms with E-state index in [0.29, 0.717) is 5.75 Å². The van der Waals surface area contributed by atoms with Gasteiger partial charge in [0, 0.05) is 11.3 Å². The van der Waals surface area contributed by atoms with E-state index in [1.165, 1.54) is 0 Å². The van der Waals surface area contributed by atoms with Crippen molar-refractivity contribution < 1.29 is 19.8 Å². The molecule has 1 atom stereocenters. The molecular formula is C8H15NO4S. The number of carboxylic acid groups (broad SMARTS) is 2. The first kappa shape index (κ1) is 13.2. The summed E-state index contributed by atoms with van der Waals surface area (Å²) < 4.78 is 0. The zero-order valence-corrected chi connectivity index (χ0v) is 9.04. The van der Waals surface area contributed by atoms with Crippen LogP contribution in [0, 0.1) is 0 Å². The molecule has 0 heterocycles. The Hall–Kier alpha value is -0.750. The van der Waals surface area contributed by atoms with Gasteiger partial charge in [0.05, 0.1) is 6.42 Å². The van der Waals surface area contributed by atoms with Gasteiger partial charge in [-0.25, -0.2) is 0 Å². The summed E-state index contributed by atoms with van der Waals surface area (Å²) in [4.78, 5) is 21.0. The van der Waals surface area contributed by atoms with E-state index < -0.39 is 29.9 Å². The quantitative estimate of drug-likeness (QED) is 0.482. The molecule has 0 radical (unpaired) electrons. The van der Waals surface area contributed by atoms with Crippen molar-refractivity contribution in [1.82, 2.24) is 5.32 Å². The van der Waals surface area contributed by atoms with Crippen LogP contribution in [0.15, 0.2) is 0 Å². The van der Waals surface area contributed by atoms with Crippen molar-refractivity contribution >= 4 is 24.6 Å². The van der Waals surface area contributed by atoms with Crippen molar-refractivity contribution in [2.75, 3.05) is 5.75 Å². The lowest BCUT2D eigenvalue weighted by atomic mass is 10.1. The topological polar surface area (TPSA) is 86.6 Å². The number of nitrogens with one attached hydrogen (secondary N) is 1. The molecule has 6 heteroatoms. The van der Waals surface area contributed by atoms with E-state index in [4.69, 9.17) is 10.2 Å². The van der Waals surface area contributed by atoms with Gasteiger partial charge in [-0.3, -0.25) is 14.9 Å². The predicted molar refractivity (Wildman–Crippen MR) is 54.7 cm³/mol. The predicted octanol–water partition coefficient (Wildman–Crippen LogP) is 0.212. The fourth-order valence-corrected chi connectivity index (χ4v) is 0.983. The van der Waals surface area contributed by atoms with Crippen LogP contribution in [0.2, 0.25) is 0 Å². The molecular weight excluding hydrogens is 206 g/mol. The van der Waals surface area contributed by atoms with Gasteiger partial charge in [0.1, 0.15) is 6.04 Å². The number of aliphatic carboxylic acids is 2. The summed E-state index contributed by atoms with van der Waals surface area (Å²) in [6.45, 7) is 3.52. The third kappa shape index (κ3) is 5.08. The molecule has 0 aromatic heterocycles. The lowest BCUT2D eigenvalue weighted by Crippen LogP contribution is -2.51. The van der Waals surface area contributed by atoms with E-state index in [1.807, 2.05) is 0 Å². The van der Waals surface area contributed by atoms with E-state index in [0.717, 1.165) is 0 Å². The molecule has 82 valence electrons. The average Bonchev–Trinajstić information content (AvgIpc) is 2.02. The second-order valence-electron chi connectivity index (χ2n) is 3.68. The molecule has 0 rings (SSSR count). The van der Waals surface area contributed by atoms with Crippen LogP contribution < -0.4 is 5.32 Å². The molecule has 0 amide bonds. The van der Waals surface area contributed by atoms with Gasteiger partial charge in [-0.15, -0.1) is 0 Å². The Morgan fingerprint density at radius 1 is 1.43 bits per heavy atom. The Labute approximate surface area is 87.9 Å². The highest BCUT2D eigenvalue weighted by molar-refractivity contribution is 7.80. The molecule has 0 aliphatic carbocycles. The molecule has 0 saturated heterocycles. The Bertz CT molecular complexity index is 229. The maximum absolute atomic E-state index is 10.7. The second kappa shape index (κ2) is 5.21. The number of rotatable bonds is 6. The van der Waals surface area contributed by atoms with Crippen LogP contribution in [0.4, 0.5) is 0 Å². The van der Waals surface area contributed by atoms with E-state index in [2.05, 4.69) is 17.9 Å². The van der Waals surface area contributed by atoms with Crippen LogP contribution in [0.25, 0.3) is 0 Å². The summed E-state index contributed by atoms with van der Waals surface area (Å²) in [7, 11) is 0. The molecule has 0 bridgehead atoms. The first-order valence-electron chi connectivity index (χ1n) is 4.11. The number of carboxylic acids is 2. The fraction of sp³-hybridized carbons (Fsp3) is 0.750. The van der Waals surface area contributed by atoms with Gasteiger partial charge in [0.15, 0.2) is 0 Å². The van der Waals surface area contributed by atoms with E-state index >= 15 is 0 Å². The van der Waals surface area contributed by atoms with E-state index in [1.54, 1.807) is 13.8 Å². The third-order valence-electron chi connectivity index (χ3n) is 1.64. The SMILES string of the molecule is CC(C)(CS)N[C@@H](CC(=O)O)C(=O)O. The summed E-state index contributed by atoms with van der Waals surface area (Å²) in [6, 6.07) is -1.07. The molecule has 0 saturated carbocycles. The minimum atomic E-state index is -1.16. The normalized spacial score (nSPS) is 13.6. The molecule has 0 aliphatic rings. The zero-order valence-electron chi connectivity index (χ0n) is 8.15. The Morgan fingerprint density at radius 2 is 1.93 bits per heavy atom. The molecule has 0 spiro atoms. The number of hydrogen-bond donors (Lipinski definition) is 4. The largest absolute Gasteiger partial charge is 0.481 e. The summed E-state index contributed by atoms with van der Waals surface area (Å²) in [5.74, 6) is -1.88. The zero-order chi connectivity index (χ0) is 11.4. The maximum Gasteiger partial charge on any atom is 0.321 e. The molecule has 0 fully saturated rings. The lowest BCUT2D eigenvalue weighted by molar-refractivity contribution is -0.146. The van der Waals surface area contributed by atoms with Crippen molar-refractivity contribution in [3.63, 3.8) is 0 Å². The first-order valence-corrected chi connectivity index (χ1v) is 4.75. The van der Waals surface area contributed by atoms with Gasteiger partial charge in [0.25, 0.3) is 0 Å². The van der Waals surface area contributed by atoms with Crippen molar-refractivity contribution in [2.24, 2.45) is 0 Å². The number of carbonyl (C=O) groups is 2. The smallest absolute Gasteiger partial charge is 0.321 e. The number of hydrogen-bond acceptors (Lipinski definition) is 4. The second-order valence-corrected chi connectivity index (χ2v) is 3.99. The van der Waals surface area contributed by atoms with E-state index in [9.17, 15) is 9.59 Å². The third-order valence-corrected chi connectivity index (χ3v) is 2.43. The Kier molecular flexibility index (Phi) is 4.93. The van der Waals surface area contributed by atoms with Crippen LogP contribution in [-0.2, 0) is 9.59 Å². The van der Waals surface area contributed by atoms with Crippen LogP contribution >= 0.6 is 12.6 Å². The minimum absolute atomic E-state index is 0.427. The molecule has 0 aliphatic heterocycles. The number of thiol groups is 1. The van der Waals surface area contributed by atoms with Crippen LogP contribution in [0.5, 0.6) is 0 Å². The fourth-order valence-electron chi connectivity index (χ4n) is 0.892. The highest BCUT2D eigenvalue weighted by atomic mass is 32.1. The van der Waals surface area contributed by atoms with Crippen LogP contribution in [0.1, 0.15) is 20.3 Å². The Balaban J connectivity index is 4.38. The average molecular weight is 221 g/mol. The van der Waals surface area contributed by atoms with Crippen LogP contribution in [-0.4, -0.2) is 39.5 Å². The first-order chi connectivity index (χ1) is 6.28. The standard InChI is InChI=1S/C8H15NO4S/c1-8(2,4-14)9-5(7(12)13)3-6(10)11/h5,9,14H,3-4H2,1-2H3,(H,10,11)(H,12,13)/t5-/m0/s1. The summed E-state index contributed by atoms with van der Waals surface area (Å²) >= 11 is 4.03. The highest BCUT2D eigenvalue weighted by Gasteiger charge is 2.27. The minimum Gasteiger partial charge on any atom is -0.481 e. The summed E-state index contributed by atoms with van der Waals surface area (Å²) in [5, 5.41) is 19.9. The van der Waals surface area contributed by atoms with Crippen molar-refractivity contribution in [3.05, 3.63) is 0 Å². The highest BCUT2D eigenvalue weighted by Crippen LogP contribution is 2.07. The van der Waals surface area contributed by atoms with Gasteiger partial charge in [0.2, 0.25) is 0 Å². The van der Waals surface area contributed by atoms with Gasteiger partial charge in [-0.05, 0) is 13.8 Å². The summed E-state index contributed by atoms with van der Waals surface area (Å²) in [6.07, 6.45) is -0.438. The molecule has 14 heavy (non-hydrogen) atoms. The van der Waals surface area contributed by atoms with Crippen LogP contribution in [0.3, 0.4) is 0 Å². The van der Waals surface area contributed by atoms with Crippen molar-refractivity contribution in [1.29, 1.82) is 0 Å². The van der Waals surface area contributed by atoms with E-state index in [-0.39, 0.29) is 0 Å². The maximum atomic E-state index is 10.7. The molecule has 0 aromatic rings. The summed E-state index contributed by atoms with van der Waals surface area (Å²) in [5.41, 5.74) is -0.498. The van der Waals surface area contributed by atoms with Gasteiger partial charge in [-0.1, -0.05) is 0 Å². The lowest BCUT2D eigenvalue weighted by Gasteiger charge is -2.27. The van der Waals surface area contributed by atoms with Gasteiger partial charge in [-0.2, -0.15) is 12.6 Å². The van der Waals surface area contributed by atoms with Gasteiger partial charge >= 0.3 is 11.9 Å². The molecule has 5 nitrogen and oxygen atoms in total. The molecule has 0 aromatic carbocycles. The van der Waals surface area contributed by atoms with Crippen molar-refractivity contribution in [3.8, 4) is 0 Å². The monoisotopic (exact) mass is 221 g/mol. The van der Waals surface area contributed by atoms with Gasteiger partial charge < -0.3 is 10.2 Å². The molecule has 0 unspecified atom stereocenters. The Morgan fingerprint density at radius 3 is 2.21 bits per heavy atom.